The van der Waals surface area contributed by atoms with Crippen molar-refractivity contribution in [2.75, 3.05) is 25.0 Å². The van der Waals surface area contributed by atoms with Crippen molar-refractivity contribution in [1.82, 2.24) is 4.90 Å². The average molecular weight is 406 g/mol. The number of likely N-dealkylation sites (tertiary alicyclic amines) is 1. The lowest BCUT2D eigenvalue weighted by atomic mass is 9.90. The molecular formula is C24H26N2O4. The van der Waals surface area contributed by atoms with Crippen molar-refractivity contribution in [3.63, 3.8) is 0 Å². The molecule has 4 rings (SSSR count). The second-order valence-electron chi connectivity index (χ2n) is 7.70. The number of ether oxygens (including phenoxy) is 2. The SMILES string of the molecule is C=CC(=O)N1CCCC(c2ccc(NC(=O)CC3COc4ccccc4O3)cc2)C1. The lowest BCUT2D eigenvalue weighted by Gasteiger charge is -2.32. The number of benzene rings is 2. The van der Waals surface area contributed by atoms with Crippen LogP contribution >= 0.6 is 0 Å². The molecule has 2 unspecified atom stereocenters. The normalized spacial score (nSPS) is 20.3. The van der Waals surface area contributed by atoms with E-state index in [0.717, 1.165) is 25.1 Å². The summed E-state index contributed by atoms with van der Waals surface area (Å²) in [5.74, 6) is 1.56. The lowest BCUT2D eigenvalue weighted by molar-refractivity contribution is -0.127. The number of amides is 2. The first-order valence-corrected chi connectivity index (χ1v) is 10.3. The summed E-state index contributed by atoms with van der Waals surface area (Å²) in [6.07, 6.45) is 3.32. The van der Waals surface area contributed by atoms with Gasteiger partial charge < -0.3 is 19.7 Å². The molecule has 1 saturated heterocycles. The van der Waals surface area contributed by atoms with Crippen LogP contribution in [0, 0.1) is 0 Å². The fourth-order valence-corrected chi connectivity index (χ4v) is 4.00. The van der Waals surface area contributed by atoms with Gasteiger partial charge in [0.15, 0.2) is 11.5 Å². The molecule has 2 amide bonds. The van der Waals surface area contributed by atoms with Gasteiger partial charge in [0.05, 0.1) is 6.42 Å². The molecule has 0 aromatic heterocycles. The first-order valence-electron chi connectivity index (χ1n) is 10.3. The molecular weight excluding hydrogens is 380 g/mol. The van der Waals surface area contributed by atoms with Gasteiger partial charge >= 0.3 is 0 Å². The molecule has 2 atom stereocenters. The molecule has 2 heterocycles. The van der Waals surface area contributed by atoms with E-state index in [0.29, 0.717) is 30.6 Å². The Bertz CT molecular complexity index is 925. The highest BCUT2D eigenvalue weighted by Crippen LogP contribution is 2.32. The summed E-state index contributed by atoms with van der Waals surface area (Å²) >= 11 is 0. The third kappa shape index (κ3) is 4.64. The summed E-state index contributed by atoms with van der Waals surface area (Å²) in [5, 5.41) is 2.93. The van der Waals surface area contributed by atoms with Crippen LogP contribution in [0.2, 0.25) is 0 Å². The zero-order valence-electron chi connectivity index (χ0n) is 16.9. The van der Waals surface area contributed by atoms with Gasteiger partial charge in [0, 0.05) is 24.7 Å². The average Bonchev–Trinajstić information content (AvgIpc) is 2.79. The van der Waals surface area contributed by atoms with E-state index in [1.807, 2.05) is 53.4 Å². The second-order valence-corrected chi connectivity index (χ2v) is 7.70. The number of nitrogens with one attached hydrogen (secondary N) is 1. The van der Waals surface area contributed by atoms with E-state index in [4.69, 9.17) is 9.47 Å². The smallest absolute Gasteiger partial charge is 0.245 e. The fourth-order valence-electron chi connectivity index (χ4n) is 4.00. The number of anilines is 1. The molecule has 0 saturated carbocycles. The maximum absolute atomic E-state index is 12.4. The van der Waals surface area contributed by atoms with Gasteiger partial charge in [-0.1, -0.05) is 30.8 Å². The minimum atomic E-state index is -0.310. The highest BCUT2D eigenvalue weighted by Gasteiger charge is 2.24. The number of nitrogens with zero attached hydrogens (tertiary/aromatic N) is 1. The van der Waals surface area contributed by atoms with Crippen molar-refractivity contribution in [3.8, 4) is 11.5 Å². The van der Waals surface area contributed by atoms with Crippen molar-refractivity contribution < 1.29 is 19.1 Å². The molecule has 1 fully saturated rings. The second kappa shape index (κ2) is 9.03. The van der Waals surface area contributed by atoms with Gasteiger partial charge in [0.2, 0.25) is 11.8 Å². The molecule has 0 radical (unpaired) electrons. The molecule has 2 aliphatic rings. The van der Waals surface area contributed by atoms with Gasteiger partial charge in [-0.15, -0.1) is 0 Å². The van der Waals surface area contributed by atoms with Crippen LogP contribution in [0.25, 0.3) is 0 Å². The number of para-hydroxylation sites is 2. The van der Waals surface area contributed by atoms with Crippen LogP contribution in [0.3, 0.4) is 0 Å². The van der Waals surface area contributed by atoms with Crippen molar-refractivity contribution in [1.29, 1.82) is 0 Å². The molecule has 6 nitrogen and oxygen atoms in total. The van der Waals surface area contributed by atoms with Gasteiger partial charge in [-0.3, -0.25) is 9.59 Å². The summed E-state index contributed by atoms with van der Waals surface area (Å²) in [5.41, 5.74) is 1.92. The largest absolute Gasteiger partial charge is 0.486 e. The minimum absolute atomic E-state index is 0.0138. The van der Waals surface area contributed by atoms with E-state index >= 15 is 0 Å². The summed E-state index contributed by atoms with van der Waals surface area (Å²) < 4.78 is 11.5. The summed E-state index contributed by atoms with van der Waals surface area (Å²) in [6.45, 7) is 5.42. The van der Waals surface area contributed by atoms with Crippen LogP contribution in [-0.4, -0.2) is 42.5 Å². The zero-order chi connectivity index (χ0) is 20.9. The Balaban J connectivity index is 1.31. The summed E-state index contributed by atoms with van der Waals surface area (Å²) in [6, 6.07) is 15.3. The van der Waals surface area contributed by atoms with Crippen molar-refractivity contribution in [3.05, 3.63) is 66.7 Å². The number of carbonyl (C=O) groups is 2. The third-order valence-electron chi connectivity index (χ3n) is 5.55. The molecule has 6 heteroatoms. The van der Waals surface area contributed by atoms with Crippen LogP contribution in [-0.2, 0) is 9.59 Å². The zero-order valence-corrected chi connectivity index (χ0v) is 16.9. The van der Waals surface area contributed by atoms with Crippen LogP contribution in [0.5, 0.6) is 11.5 Å². The highest BCUT2D eigenvalue weighted by molar-refractivity contribution is 5.91. The van der Waals surface area contributed by atoms with E-state index in [9.17, 15) is 9.59 Å². The number of carbonyl (C=O) groups excluding carboxylic acids is 2. The molecule has 1 N–H and O–H groups in total. The predicted octanol–water partition coefficient (Wildman–Crippen LogP) is 3.75. The first kappa shape index (κ1) is 20.0. The van der Waals surface area contributed by atoms with Crippen molar-refractivity contribution >= 4 is 17.5 Å². The minimum Gasteiger partial charge on any atom is -0.486 e. The van der Waals surface area contributed by atoms with Gasteiger partial charge in [0.1, 0.15) is 12.7 Å². The quantitative estimate of drug-likeness (QED) is 0.768. The van der Waals surface area contributed by atoms with Gasteiger partial charge in [-0.2, -0.15) is 0 Å². The molecule has 156 valence electrons. The summed E-state index contributed by atoms with van der Waals surface area (Å²) in [7, 11) is 0. The maximum Gasteiger partial charge on any atom is 0.245 e. The summed E-state index contributed by atoms with van der Waals surface area (Å²) in [4.78, 5) is 26.2. The molecule has 2 aromatic carbocycles. The fraction of sp³-hybridized carbons (Fsp3) is 0.333. The molecule has 0 aliphatic carbocycles. The molecule has 0 bridgehead atoms. The molecule has 0 spiro atoms. The number of fused-ring (bicyclic) bond motifs is 1. The highest BCUT2D eigenvalue weighted by atomic mass is 16.6. The van der Waals surface area contributed by atoms with E-state index in [1.54, 1.807) is 0 Å². The van der Waals surface area contributed by atoms with Crippen LogP contribution in [0.4, 0.5) is 5.69 Å². The van der Waals surface area contributed by atoms with E-state index in [1.165, 1.54) is 11.6 Å². The van der Waals surface area contributed by atoms with E-state index in [2.05, 4.69) is 11.9 Å². The monoisotopic (exact) mass is 406 g/mol. The Labute approximate surface area is 176 Å². The van der Waals surface area contributed by atoms with Crippen LogP contribution < -0.4 is 14.8 Å². The van der Waals surface area contributed by atoms with Crippen molar-refractivity contribution in [2.24, 2.45) is 0 Å². The number of piperidine rings is 1. The first-order chi connectivity index (χ1) is 14.6. The topological polar surface area (TPSA) is 67.9 Å². The predicted molar refractivity (Wildman–Crippen MR) is 115 cm³/mol. The Morgan fingerprint density at radius 3 is 2.67 bits per heavy atom. The van der Waals surface area contributed by atoms with E-state index < -0.39 is 0 Å². The number of hydrogen-bond donors (Lipinski definition) is 1. The number of rotatable bonds is 5. The molecule has 30 heavy (non-hydrogen) atoms. The number of hydrogen-bond acceptors (Lipinski definition) is 4. The van der Waals surface area contributed by atoms with E-state index in [-0.39, 0.29) is 24.3 Å². The maximum atomic E-state index is 12.4. The standard InChI is InChI=1S/C24H26N2O4/c1-2-24(28)26-13-5-6-18(15-26)17-9-11-19(12-10-17)25-23(27)14-20-16-29-21-7-3-4-8-22(21)30-20/h2-4,7-12,18,20H,1,5-6,13-16H2,(H,25,27). The Kier molecular flexibility index (Phi) is 6.02. The van der Waals surface area contributed by atoms with Crippen LogP contribution in [0.1, 0.15) is 30.7 Å². The van der Waals surface area contributed by atoms with Gasteiger partial charge in [0.25, 0.3) is 0 Å². The molecule has 2 aliphatic heterocycles. The molecule has 2 aromatic rings. The lowest BCUT2D eigenvalue weighted by Crippen LogP contribution is -2.38. The van der Waals surface area contributed by atoms with Crippen LogP contribution in [0.15, 0.2) is 61.2 Å². The van der Waals surface area contributed by atoms with Gasteiger partial charge in [-0.05, 0) is 48.7 Å². The Hall–Kier alpha value is -3.28. The Morgan fingerprint density at radius 1 is 1.13 bits per heavy atom. The van der Waals surface area contributed by atoms with Gasteiger partial charge in [-0.25, -0.2) is 0 Å². The Morgan fingerprint density at radius 2 is 1.90 bits per heavy atom. The third-order valence-corrected chi connectivity index (χ3v) is 5.55. The van der Waals surface area contributed by atoms with Crippen molar-refractivity contribution in [2.45, 2.75) is 31.3 Å².